The van der Waals surface area contributed by atoms with Crippen LogP contribution in [0.1, 0.15) is 26.2 Å². The minimum atomic E-state index is -0.685. The smallest absolute Gasteiger partial charge is 0.236 e. The highest BCUT2D eigenvalue weighted by Crippen LogP contribution is 2.47. The maximum Gasteiger partial charge on any atom is 0.236 e. The van der Waals surface area contributed by atoms with Crippen molar-refractivity contribution in [1.82, 2.24) is 4.90 Å². The van der Waals surface area contributed by atoms with Crippen LogP contribution in [0.2, 0.25) is 0 Å². The summed E-state index contributed by atoms with van der Waals surface area (Å²) in [5, 5.41) is 12.3. The van der Waals surface area contributed by atoms with Gasteiger partial charge in [0.05, 0.1) is 0 Å². The van der Waals surface area contributed by atoms with Crippen molar-refractivity contribution in [1.29, 1.82) is 0 Å². The number of amides is 1. The molecule has 1 saturated heterocycles. The third-order valence-electron chi connectivity index (χ3n) is 3.64. The SMILES string of the molecule is CCC1CN(C(=O)C2(C(N)=NO)CC2)CCS1. The Hall–Kier alpha value is -0.910. The van der Waals surface area contributed by atoms with E-state index in [9.17, 15) is 4.79 Å². The van der Waals surface area contributed by atoms with Crippen molar-refractivity contribution in [2.75, 3.05) is 18.8 Å². The summed E-state index contributed by atoms with van der Waals surface area (Å²) in [6.07, 6.45) is 2.50. The molecule has 2 rings (SSSR count). The van der Waals surface area contributed by atoms with Crippen LogP contribution in [0.15, 0.2) is 5.16 Å². The van der Waals surface area contributed by atoms with Gasteiger partial charge in [-0.2, -0.15) is 11.8 Å². The number of hydrogen-bond donors (Lipinski definition) is 2. The van der Waals surface area contributed by atoms with Gasteiger partial charge in [-0.1, -0.05) is 12.1 Å². The van der Waals surface area contributed by atoms with E-state index in [2.05, 4.69) is 12.1 Å². The fourth-order valence-electron chi connectivity index (χ4n) is 2.25. The summed E-state index contributed by atoms with van der Waals surface area (Å²) in [6, 6.07) is 0. The van der Waals surface area contributed by atoms with Crippen LogP contribution in [0, 0.1) is 5.41 Å². The van der Waals surface area contributed by atoms with Crippen molar-refractivity contribution in [3.8, 4) is 0 Å². The van der Waals surface area contributed by atoms with E-state index in [1.165, 1.54) is 0 Å². The van der Waals surface area contributed by atoms with Crippen LogP contribution in [0.3, 0.4) is 0 Å². The van der Waals surface area contributed by atoms with E-state index in [0.29, 0.717) is 18.1 Å². The lowest BCUT2D eigenvalue weighted by Crippen LogP contribution is -2.48. The van der Waals surface area contributed by atoms with Crippen LogP contribution in [-0.4, -0.2) is 45.9 Å². The monoisotopic (exact) mass is 257 g/mol. The number of hydrogen-bond acceptors (Lipinski definition) is 4. The van der Waals surface area contributed by atoms with E-state index >= 15 is 0 Å². The first-order valence-electron chi connectivity index (χ1n) is 6.03. The zero-order valence-electron chi connectivity index (χ0n) is 10.1. The van der Waals surface area contributed by atoms with Gasteiger partial charge in [0.25, 0.3) is 0 Å². The number of rotatable bonds is 3. The average Bonchev–Trinajstić information content (AvgIpc) is 3.18. The van der Waals surface area contributed by atoms with Gasteiger partial charge in [-0.15, -0.1) is 0 Å². The molecule has 1 amide bonds. The number of oxime groups is 1. The maximum atomic E-state index is 12.4. The molecule has 0 aromatic carbocycles. The molecule has 2 fully saturated rings. The fourth-order valence-corrected chi connectivity index (χ4v) is 3.43. The topological polar surface area (TPSA) is 78.9 Å². The Morgan fingerprint density at radius 2 is 2.35 bits per heavy atom. The molecule has 1 atom stereocenters. The summed E-state index contributed by atoms with van der Waals surface area (Å²) >= 11 is 1.92. The summed E-state index contributed by atoms with van der Waals surface area (Å²) in [6.45, 7) is 3.71. The van der Waals surface area contributed by atoms with Crippen LogP contribution in [0.5, 0.6) is 0 Å². The molecule has 96 valence electrons. The Bertz CT molecular complexity index is 342. The Labute approximate surface area is 105 Å². The molecule has 1 saturated carbocycles. The molecule has 1 heterocycles. The molecule has 3 N–H and O–H groups in total. The van der Waals surface area contributed by atoms with Crippen LogP contribution < -0.4 is 5.73 Å². The molecule has 0 spiro atoms. The molecule has 2 aliphatic rings. The van der Waals surface area contributed by atoms with Gasteiger partial charge in [0.15, 0.2) is 5.84 Å². The van der Waals surface area contributed by atoms with E-state index in [0.717, 1.165) is 25.3 Å². The molecule has 1 unspecified atom stereocenters. The van der Waals surface area contributed by atoms with Gasteiger partial charge < -0.3 is 15.8 Å². The molecule has 6 heteroatoms. The number of carbonyl (C=O) groups excluding carboxylic acids is 1. The van der Waals surface area contributed by atoms with Gasteiger partial charge in [-0.3, -0.25) is 4.79 Å². The molecule has 0 bridgehead atoms. The predicted molar refractivity (Wildman–Crippen MR) is 68.2 cm³/mol. The predicted octanol–water partition coefficient (Wildman–Crippen LogP) is 0.867. The number of amidine groups is 1. The lowest BCUT2D eigenvalue weighted by Gasteiger charge is -2.34. The molecule has 0 aromatic heterocycles. The Balaban J connectivity index is 2.05. The van der Waals surface area contributed by atoms with Gasteiger partial charge in [-0.25, -0.2) is 0 Å². The van der Waals surface area contributed by atoms with Gasteiger partial charge in [0.2, 0.25) is 5.91 Å². The molecule has 0 aromatic rings. The normalized spacial score (nSPS) is 27.9. The van der Waals surface area contributed by atoms with Gasteiger partial charge in [0.1, 0.15) is 5.41 Å². The lowest BCUT2D eigenvalue weighted by atomic mass is 10.0. The molecule has 1 aliphatic carbocycles. The quantitative estimate of drug-likeness (QED) is 0.340. The Kier molecular flexibility index (Phi) is 3.51. The van der Waals surface area contributed by atoms with Crippen LogP contribution in [-0.2, 0) is 4.79 Å². The van der Waals surface area contributed by atoms with Crippen LogP contribution in [0.4, 0.5) is 0 Å². The number of nitrogens with two attached hydrogens (primary N) is 1. The summed E-state index contributed by atoms with van der Waals surface area (Å²) in [5.74, 6) is 1.11. The standard InChI is InChI=1S/C11H19N3O2S/c1-2-8-7-14(5-6-17-8)10(15)11(3-4-11)9(12)13-16/h8,16H,2-7H2,1H3,(H2,12,13). The molecular formula is C11H19N3O2S. The van der Waals surface area contributed by atoms with Gasteiger partial charge in [0, 0.05) is 24.1 Å². The molecule has 5 nitrogen and oxygen atoms in total. The third kappa shape index (κ3) is 2.22. The second kappa shape index (κ2) is 4.76. The number of carbonyl (C=O) groups is 1. The van der Waals surface area contributed by atoms with Crippen molar-refractivity contribution in [3.63, 3.8) is 0 Å². The van der Waals surface area contributed by atoms with E-state index in [4.69, 9.17) is 10.9 Å². The van der Waals surface area contributed by atoms with E-state index in [-0.39, 0.29) is 11.7 Å². The van der Waals surface area contributed by atoms with Crippen molar-refractivity contribution < 1.29 is 10.0 Å². The molecule has 1 aliphatic heterocycles. The zero-order chi connectivity index (χ0) is 12.5. The molecule has 0 radical (unpaired) electrons. The Morgan fingerprint density at radius 3 is 2.88 bits per heavy atom. The van der Waals surface area contributed by atoms with Crippen LogP contribution in [0.25, 0.3) is 0 Å². The van der Waals surface area contributed by atoms with Crippen molar-refractivity contribution in [2.24, 2.45) is 16.3 Å². The summed E-state index contributed by atoms with van der Waals surface area (Å²) in [7, 11) is 0. The summed E-state index contributed by atoms with van der Waals surface area (Å²) < 4.78 is 0. The van der Waals surface area contributed by atoms with E-state index in [1.807, 2.05) is 16.7 Å². The first-order chi connectivity index (χ1) is 8.14. The zero-order valence-corrected chi connectivity index (χ0v) is 10.9. The van der Waals surface area contributed by atoms with Crippen molar-refractivity contribution in [2.45, 2.75) is 31.4 Å². The highest BCUT2D eigenvalue weighted by molar-refractivity contribution is 8.00. The third-order valence-corrected chi connectivity index (χ3v) is 5.01. The second-order valence-corrected chi connectivity index (χ2v) is 6.13. The van der Waals surface area contributed by atoms with E-state index < -0.39 is 5.41 Å². The van der Waals surface area contributed by atoms with Crippen molar-refractivity contribution >= 4 is 23.5 Å². The highest BCUT2D eigenvalue weighted by Gasteiger charge is 2.56. The lowest BCUT2D eigenvalue weighted by molar-refractivity contribution is -0.134. The largest absolute Gasteiger partial charge is 0.409 e. The van der Waals surface area contributed by atoms with Gasteiger partial charge >= 0.3 is 0 Å². The first kappa shape index (κ1) is 12.5. The minimum Gasteiger partial charge on any atom is -0.409 e. The second-order valence-electron chi connectivity index (χ2n) is 4.72. The molecule has 17 heavy (non-hydrogen) atoms. The van der Waals surface area contributed by atoms with Crippen molar-refractivity contribution in [3.05, 3.63) is 0 Å². The summed E-state index contributed by atoms with van der Waals surface area (Å²) in [5.41, 5.74) is 4.95. The highest BCUT2D eigenvalue weighted by atomic mass is 32.2. The number of nitrogens with zero attached hydrogens (tertiary/aromatic N) is 2. The van der Waals surface area contributed by atoms with Crippen LogP contribution >= 0.6 is 11.8 Å². The average molecular weight is 257 g/mol. The first-order valence-corrected chi connectivity index (χ1v) is 7.08. The maximum absolute atomic E-state index is 12.4. The van der Waals surface area contributed by atoms with E-state index in [1.54, 1.807) is 0 Å². The van der Waals surface area contributed by atoms with Gasteiger partial charge in [-0.05, 0) is 19.3 Å². The summed E-state index contributed by atoms with van der Waals surface area (Å²) in [4.78, 5) is 14.3. The fraction of sp³-hybridized carbons (Fsp3) is 0.818. The minimum absolute atomic E-state index is 0.0477. The Morgan fingerprint density at radius 1 is 1.65 bits per heavy atom. The molecular weight excluding hydrogens is 238 g/mol. The number of thioether (sulfide) groups is 1.